The maximum Gasteiger partial charge on any atom is 0.261 e. The number of carbonyl (C=O) groups is 1. The van der Waals surface area contributed by atoms with Crippen LogP contribution in [0.4, 0.5) is 0 Å². The molecule has 48 heavy (non-hydrogen) atoms. The third-order valence-corrected chi connectivity index (χ3v) is 16.1. The van der Waals surface area contributed by atoms with Crippen LogP contribution >= 0.6 is 23.2 Å². The van der Waals surface area contributed by atoms with Crippen LogP contribution in [0, 0.1) is 11.3 Å². The second-order valence-corrected chi connectivity index (χ2v) is 20.2. The van der Waals surface area contributed by atoms with Crippen molar-refractivity contribution in [1.29, 1.82) is 0 Å². The van der Waals surface area contributed by atoms with Crippen LogP contribution in [0.2, 0.25) is 15.1 Å². The highest BCUT2D eigenvalue weighted by Crippen LogP contribution is 2.54. The monoisotopic (exact) mass is 695 g/mol. The highest BCUT2D eigenvalue weighted by atomic mass is 35.5. The Morgan fingerprint density at radius 2 is 1.48 bits per heavy atom. The number of hydrogen-bond donors (Lipinski definition) is 0. The Morgan fingerprint density at radius 3 is 2.00 bits per heavy atom. The predicted octanol–water partition coefficient (Wildman–Crippen LogP) is 9.99. The molecule has 4 aromatic carbocycles. The molecule has 4 atom stereocenters. The third-order valence-electron chi connectivity index (χ3n) is 10.6. The summed E-state index contributed by atoms with van der Waals surface area (Å²) in [5.41, 5.74) is 1.59. The molecule has 3 nitrogen and oxygen atoms in total. The van der Waals surface area contributed by atoms with Gasteiger partial charge in [-0.05, 0) is 82.4 Å². The second kappa shape index (κ2) is 14.0. The Bertz CT molecular complexity index is 1680. The van der Waals surface area contributed by atoms with Gasteiger partial charge >= 0.3 is 0 Å². The summed E-state index contributed by atoms with van der Waals surface area (Å²) in [5, 5.41) is 3.69. The highest BCUT2D eigenvalue weighted by molar-refractivity contribution is 6.99. The Morgan fingerprint density at radius 1 is 0.875 bits per heavy atom. The molecule has 1 amide bonds. The van der Waals surface area contributed by atoms with E-state index in [0.29, 0.717) is 35.4 Å². The number of halogens is 2. The minimum absolute atomic E-state index is 0.0154. The number of carbonyl (C=O) groups excluding carboxylic acids is 1. The fourth-order valence-corrected chi connectivity index (χ4v) is 13.0. The molecule has 1 saturated heterocycles. The molecule has 2 unspecified atom stereocenters. The molecule has 0 aromatic heterocycles. The van der Waals surface area contributed by atoms with Gasteiger partial charge in [-0.25, -0.2) is 0 Å². The van der Waals surface area contributed by atoms with Crippen molar-refractivity contribution >= 4 is 47.8 Å². The smallest absolute Gasteiger partial charge is 0.261 e. The first-order chi connectivity index (χ1) is 23.0. The molecule has 6 heteroatoms. The summed E-state index contributed by atoms with van der Waals surface area (Å²) >= 11 is 13.1. The molecule has 6 rings (SSSR count). The van der Waals surface area contributed by atoms with Crippen LogP contribution in [0.15, 0.2) is 122 Å². The van der Waals surface area contributed by atoms with E-state index in [2.05, 4.69) is 124 Å². The zero-order valence-corrected chi connectivity index (χ0v) is 31.1. The minimum Gasteiger partial charge on any atom is -0.405 e. The SMILES string of the molecule is C=CCC1(C)CC(c2cccc(Cl)c2)[C@@H](c2ccc(Cl)cc2)N([C@H](CO[Si](c2ccccc2)(c2ccccc2)C(C)(C)C)C2CC2)C1=O. The number of likely N-dealkylation sites (tertiary alicyclic amines) is 1. The van der Waals surface area contributed by atoms with Gasteiger partial charge in [0.05, 0.1) is 24.1 Å². The van der Waals surface area contributed by atoms with Crippen LogP contribution in [-0.4, -0.2) is 31.8 Å². The van der Waals surface area contributed by atoms with Crippen LogP contribution in [0.5, 0.6) is 0 Å². The fraction of sp³-hybridized carbons (Fsp3) is 0.357. The molecule has 1 saturated carbocycles. The van der Waals surface area contributed by atoms with Crippen molar-refractivity contribution in [2.24, 2.45) is 11.3 Å². The van der Waals surface area contributed by atoms with E-state index in [1.807, 2.05) is 30.3 Å². The molecule has 0 radical (unpaired) electrons. The standard InChI is InChI=1S/C42H47Cl2NO2Si/c1-6-26-42(5)28-37(32-14-13-15-34(44)27-32)39(31-22-24-33(43)25-23-31)45(40(42)46)38(30-20-21-30)29-47-48(41(2,3)4,35-16-9-7-10-17-35)36-18-11-8-12-19-36/h6-19,22-25,27,30,37-39H,1,20-21,26,28-29H2,2-5H3/t37?,38-,39-,42?/m1/s1. The Hall–Kier alpha value is -3.15. The van der Waals surface area contributed by atoms with Gasteiger partial charge in [0, 0.05) is 16.0 Å². The molecular weight excluding hydrogens is 649 g/mol. The number of nitrogens with zero attached hydrogens (tertiary/aromatic N) is 1. The molecule has 0 spiro atoms. The van der Waals surface area contributed by atoms with Gasteiger partial charge < -0.3 is 9.33 Å². The van der Waals surface area contributed by atoms with Crippen molar-refractivity contribution in [2.75, 3.05) is 6.61 Å². The lowest BCUT2D eigenvalue weighted by molar-refractivity contribution is -0.156. The average Bonchev–Trinajstić information content (AvgIpc) is 3.91. The van der Waals surface area contributed by atoms with E-state index in [-0.39, 0.29) is 28.9 Å². The fourth-order valence-electron chi connectivity index (χ4n) is 8.15. The number of hydrogen-bond acceptors (Lipinski definition) is 2. The van der Waals surface area contributed by atoms with E-state index in [1.54, 1.807) is 0 Å². The number of rotatable bonds is 11. The highest BCUT2D eigenvalue weighted by Gasteiger charge is 2.55. The number of amides is 1. The molecule has 4 aromatic rings. The molecule has 1 aliphatic carbocycles. The summed E-state index contributed by atoms with van der Waals surface area (Å²) in [6.07, 6.45) is 5.34. The van der Waals surface area contributed by atoms with Gasteiger partial charge in [0.1, 0.15) is 0 Å². The molecule has 2 aliphatic rings. The van der Waals surface area contributed by atoms with Gasteiger partial charge in [0.15, 0.2) is 0 Å². The van der Waals surface area contributed by atoms with Gasteiger partial charge in [-0.15, -0.1) is 6.58 Å². The van der Waals surface area contributed by atoms with E-state index >= 15 is 4.79 Å². The molecule has 1 heterocycles. The van der Waals surface area contributed by atoms with Crippen molar-refractivity contribution in [2.45, 2.75) is 76.4 Å². The van der Waals surface area contributed by atoms with Gasteiger partial charge in [-0.1, -0.05) is 142 Å². The maximum atomic E-state index is 15.1. The van der Waals surface area contributed by atoms with E-state index < -0.39 is 13.7 Å². The molecule has 250 valence electrons. The molecule has 1 aliphatic heterocycles. The van der Waals surface area contributed by atoms with E-state index in [0.717, 1.165) is 24.0 Å². The lowest BCUT2D eigenvalue weighted by atomic mass is 9.67. The van der Waals surface area contributed by atoms with Gasteiger partial charge in [-0.2, -0.15) is 0 Å². The molecule has 0 bridgehead atoms. The van der Waals surface area contributed by atoms with E-state index in [4.69, 9.17) is 27.6 Å². The Labute approximate surface area is 298 Å². The van der Waals surface area contributed by atoms with Crippen molar-refractivity contribution in [3.63, 3.8) is 0 Å². The quantitative estimate of drug-likeness (QED) is 0.115. The molecule has 0 N–H and O–H groups in total. The first kappa shape index (κ1) is 34.7. The normalized spacial score (nSPS) is 22.4. The lowest BCUT2D eigenvalue weighted by Gasteiger charge is -2.53. The topological polar surface area (TPSA) is 29.5 Å². The summed E-state index contributed by atoms with van der Waals surface area (Å²) < 4.78 is 7.61. The minimum atomic E-state index is -2.85. The average molecular weight is 697 g/mol. The number of benzene rings is 4. The van der Waals surface area contributed by atoms with Crippen LogP contribution < -0.4 is 10.4 Å². The number of allylic oxidation sites excluding steroid dienone is 1. The predicted molar refractivity (Wildman–Crippen MR) is 203 cm³/mol. The summed E-state index contributed by atoms with van der Waals surface area (Å²) in [4.78, 5) is 17.4. The van der Waals surface area contributed by atoms with Crippen molar-refractivity contribution in [1.82, 2.24) is 4.90 Å². The summed E-state index contributed by atoms with van der Waals surface area (Å²) in [6.45, 7) is 13.6. The number of piperidine rings is 1. The molecular formula is C42H47Cl2NO2Si. The van der Waals surface area contributed by atoms with Gasteiger partial charge in [0.25, 0.3) is 8.32 Å². The van der Waals surface area contributed by atoms with Gasteiger partial charge in [-0.3, -0.25) is 4.79 Å². The van der Waals surface area contributed by atoms with Crippen molar-refractivity contribution < 1.29 is 9.22 Å². The second-order valence-electron chi connectivity index (χ2n) is 15.0. The van der Waals surface area contributed by atoms with E-state index in [9.17, 15) is 0 Å². The third kappa shape index (κ3) is 6.70. The molecule has 2 fully saturated rings. The summed E-state index contributed by atoms with van der Waals surface area (Å²) in [7, 11) is -2.85. The Kier molecular flexibility index (Phi) is 10.1. The Balaban J connectivity index is 1.51. The van der Waals surface area contributed by atoms with Gasteiger partial charge in [0.2, 0.25) is 5.91 Å². The zero-order chi connectivity index (χ0) is 34.1. The lowest BCUT2D eigenvalue weighted by Crippen LogP contribution is -2.68. The van der Waals surface area contributed by atoms with Crippen LogP contribution in [0.3, 0.4) is 0 Å². The zero-order valence-electron chi connectivity index (χ0n) is 28.5. The van der Waals surface area contributed by atoms with Crippen LogP contribution in [0.1, 0.15) is 76.5 Å². The summed E-state index contributed by atoms with van der Waals surface area (Å²) in [6, 6.07) is 37.5. The van der Waals surface area contributed by atoms with Crippen LogP contribution in [-0.2, 0) is 9.22 Å². The first-order valence-corrected chi connectivity index (χ1v) is 19.8. The van der Waals surface area contributed by atoms with Crippen molar-refractivity contribution in [3.8, 4) is 0 Å². The summed E-state index contributed by atoms with van der Waals surface area (Å²) in [5.74, 6) is 0.540. The van der Waals surface area contributed by atoms with Crippen molar-refractivity contribution in [3.05, 3.63) is 143 Å². The van der Waals surface area contributed by atoms with Crippen LogP contribution in [0.25, 0.3) is 0 Å². The first-order valence-electron chi connectivity index (χ1n) is 17.2. The maximum absolute atomic E-state index is 15.1. The largest absolute Gasteiger partial charge is 0.405 e. The van der Waals surface area contributed by atoms with E-state index in [1.165, 1.54) is 10.4 Å².